The van der Waals surface area contributed by atoms with E-state index in [1.165, 1.54) is 0 Å². The molecule has 2 nitrogen and oxygen atoms in total. The molecule has 12 heavy (non-hydrogen) atoms. The predicted octanol–water partition coefficient (Wildman–Crippen LogP) is 3.08. The number of rotatable bonds is 2. The van der Waals surface area contributed by atoms with Crippen molar-refractivity contribution in [1.29, 1.82) is 0 Å². The fourth-order valence-electron chi connectivity index (χ4n) is 0.864. The lowest BCUT2D eigenvalue weighted by molar-refractivity contribution is 0.0696. The average Bonchev–Trinajstić information content (AvgIpc) is 2.04. The number of alkyl halides is 1. The Hall–Kier alpha value is -0.100. The lowest BCUT2D eigenvalue weighted by atomic mass is 10.1. The van der Waals surface area contributed by atoms with E-state index in [1.807, 2.05) is 12.1 Å². The van der Waals surface area contributed by atoms with Gasteiger partial charge in [0, 0.05) is 8.90 Å². The zero-order chi connectivity index (χ0) is 9.14. The minimum atomic E-state index is -0.872. The summed E-state index contributed by atoms with van der Waals surface area (Å²) < 4.78 is 1.51. The summed E-state index contributed by atoms with van der Waals surface area (Å²) in [5.41, 5.74) is 1.23. The minimum absolute atomic E-state index is 0.374. The number of carboxylic acids is 1. The fourth-order valence-corrected chi connectivity index (χ4v) is 1.89. The Morgan fingerprint density at radius 2 is 2.25 bits per heavy atom. The minimum Gasteiger partial charge on any atom is -0.478 e. The summed E-state index contributed by atoms with van der Waals surface area (Å²) in [6.45, 7) is 0. The molecule has 0 aromatic heterocycles. The van der Waals surface area contributed by atoms with Gasteiger partial charge in [-0.05, 0) is 17.7 Å². The fraction of sp³-hybridized carbons (Fsp3) is 0.125. The third-order valence-electron chi connectivity index (χ3n) is 1.45. The van der Waals surface area contributed by atoms with E-state index in [1.54, 1.807) is 6.07 Å². The van der Waals surface area contributed by atoms with Crippen molar-refractivity contribution in [2.75, 3.05) is 0 Å². The van der Waals surface area contributed by atoms with E-state index in [0.29, 0.717) is 9.99 Å². The molecular formula is C8H6BrIO2. The van der Waals surface area contributed by atoms with Crippen molar-refractivity contribution < 1.29 is 9.90 Å². The Kier molecular flexibility index (Phi) is 3.52. The van der Waals surface area contributed by atoms with E-state index < -0.39 is 5.97 Å². The van der Waals surface area contributed by atoms with E-state index >= 15 is 0 Å². The first kappa shape index (κ1) is 9.98. The van der Waals surface area contributed by atoms with Gasteiger partial charge in [0.2, 0.25) is 0 Å². The SMILES string of the molecule is O=C(O)c1cc(Br)ccc1CI. The summed E-state index contributed by atoms with van der Waals surface area (Å²) in [6.07, 6.45) is 0. The van der Waals surface area contributed by atoms with E-state index in [0.717, 1.165) is 10.0 Å². The number of benzene rings is 1. The first-order valence-electron chi connectivity index (χ1n) is 3.23. The Morgan fingerprint density at radius 1 is 1.58 bits per heavy atom. The molecule has 0 aliphatic rings. The molecule has 0 spiro atoms. The van der Waals surface area contributed by atoms with Crippen molar-refractivity contribution in [3.63, 3.8) is 0 Å². The maximum Gasteiger partial charge on any atom is 0.336 e. The predicted molar refractivity (Wildman–Crippen MR) is 58.8 cm³/mol. The van der Waals surface area contributed by atoms with Crippen LogP contribution in [-0.4, -0.2) is 11.1 Å². The van der Waals surface area contributed by atoms with Crippen LogP contribution in [0, 0.1) is 0 Å². The lowest BCUT2D eigenvalue weighted by Crippen LogP contribution is -2.00. The van der Waals surface area contributed by atoms with Gasteiger partial charge < -0.3 is 5.11 Å². The van der Waals surface area contributed by atoms with Crippen LogP contribution in [-0.2, 0) is 4.43 Å². The summed E-state index contributed by atoms with van der Waals surface area (Å²) in [6, 6.07) is 5.29. The molecule has 0 aliphatic carbocycles. The molecule has 0 heterocycles. The second-order valence-corrected chi connectivity index (χ2v) is 3.92. The molecule has 0 saturated heterocycles. The first-order valence-corrected chi connectivity index (χ1v) is 5.54. The molecule has 1 N–H and O–H groups in total. The van der Waals surface area contributed by atoms with Crippen molar-refractivity contribution in [3.8, 4) is 0 Å². The average molecular weight is 341 g/mol. The maximum atomic E-state index is 10.7. The van der Waals surface area contributed by atoms with Crippen LogP contribution in [0.2, 0.25) is 0 Å². The second kappa shape index (κ2) is 4.23. The molecule has 0 aliphatic heterocycles. The summed E-state index contributed by atoms with van der Waals surface area (Å²) in [5.74, 6) is -0.872. The van der Waals surface area contributed by atoms with Crippen LogP contribution in [0.3, 0.4) is 0 Å². The molecule has 0 unspecified atom stereocenters. The highest BCUT2D eigenvalue weighted by molar-refractivity contribution is 14.1. The Labute approximate surface area is 92.2 Å². The number of carbonyl (C=O) groups is 1. The molecule has 64 valence electrons. The number of halogens is 2. The van der Waals surface area contributed by atoms with Gasteiger partial charge in [-0.1, -0.05) is 44.6 Å². The van der Waals surface area contributed by atoms with E-state index in [-0.39, 0.29) is 0 Å². The molecule has 0 atom stereocenters. The molecule has 0 fully saturated rings. The Morgan fingerprint density at radius 3 is 2.75 bits per heavy atom. The van der Waals surface area contributed by atoms with Crippen LogP contribution >= 0.6 is 38.5 Å². The molecule has 1 rings (SSSR count). The van der Waals surface area contributed by atoms with Gasteiger partial charge in [0.05, 0.1) is 5.56 Å². The van der Waals surface area contributed by atoms with Crippen molar-refractivity contribution >= 4 is 44.5 Å². The van der Waals surface area contributed by atoms with Crippen LogP contribution in [0.4, 0.5) is 0 Å². The largest absolute Gasteiger partial charge is 0.478 e. The van der Waals surface area contributed by atoms with Gasteiger partial charge in [-0.15, -0.1) is 0 Å². The lowest BCUT2D eigenvalue weighted by Gasteiger charge is -2.01. The van der Waals surface area contributed by atoms with Crippen LogP contribution in [0.15, 0.2) is 22.7 Å². The van der Waals surface area contributed by atoms with Crippen molar-refractivity contribution in [1.82, 2.24) is 0 Å². The normalized spacial score (nSPS) is 9.83. The van der Waals surface area contributed by atoms with Crippen molar-refractivity contribution in [2.24, 2.45) is 0 Å². The Balaban J connectivity index is 3.21. The highest BCUT2D eigenvalue weighted by atomic mass is 127. The molecule has 0 saturated carbocycles. The van der Waals surface area contributed by atoms with Gasteiger partial charge in [-0.25, -0.2) is 4.79 Å². The zero-order valence-corrected chi connectivity index (χ0v) is 9.79. The van der Waals surface area contributed by atoms with Gasteiger partial charge in [-0.3, -0.25) is 0 Å². The molecule has 0 bridgehead atoms. The summed E-state index contributed by atoms with van der Waals surface area (Å²) >= 11 is 5.37. The highest BCUT2D eigenvalue weighted by Crippen LogP contribution is 2.18. The van der Waals surface area contributed by atoms with Crippen molar-refractivity contribution in [2.45, 2.75) is 4.43 Å². The van der Waals surface area contributed by atoms with E-state index in [2.05, 4.69) is 38.5 Å². The summed E-state index contributed by atoms with van der Waals surface area (Å²) in [5, 5.41) is 8.80. The molecule has 1 aromatic carbocycles. The molecule has 0 radical (unpaired) electrons. The molecule has 4 heteroatoms. The quantitative estimate of drug-likeness (QED) is 0.663. The maximum absolute atomic E-state index is 10.7. The third kappa shape index (κ3) is 2.20. The summed E-state index contributed by atoms with van der Waals surface area (Å²) in [4.78, 5) is 10.7. The van der Waals surface area contributed by atoms with Gasteiger partial charge in [0.15, 0.2) is 0 Å². The summed E-state index contributed by atoms with van der Waals surface area (Å²) in [7, 11) is 0. The van der Waals surface area contributed by atoms with Crippen LogP contribution in [0.1, 0.15) is 15.9 Å². The monoisotopic (exact) mass is 340 g/mol. The third-order valence-corrected chi connectivity index (χ3v) is 2.76. The van der Waals surface area contributed by atoms with Crippen molar-refractivity contribution in [3.05, 3.63) is 33.8 Å². The number of hydrogen-bond acceptors (Lipinski definition) is 1. The smallest absolute Gasteiger partial charge is 0.336 e. The molecule has 1 aromatic rings. The number of carboxylic acid groups (broad SMARTS) is 1. The topological polar surface area (TPSA) is 37.3 Å². The first-order chi connectivity index (χ1) is 5.65. The Bertz CT molecular complexity index is 312. The van der Waals surface area contributed by atoms with E-state index in [9.17, 15) is 4.79 Å². The molecule has 0 amide bonds. The number of aromatic carboxylic acids is 1. The van der Waals surface area contributed by atoms with Crippen LogP contribution < -0.4 is 0 Å². The van der Waals surface area contributed by atoms with Gasteiger partial charge >= 0.3 is 5.97 Å². The molecular weight excluding hydrogens is 335 g/mol. The van der Waals surface area contributed by atoms with Crippen LogP contribution in [0.5, 0.6) is 0 Å². The highest BCUT2D eigenvalue weighted by Gasteiger charge is 2.08. The van der Waals surface area contributed by atoms with Gasteiger partial charge in [0.1, 0.15) is 0 Å². The number of hydrogen-bond donors (Lipinski definition) is 1. The van der Waals surface area contributed by atoms with Crippen LogP contribution in [0.25, 0.3) is 0 Å². The zero-order valence-electron chi connectivity index (χ0n) is 6.05. The second-order valence-electron chi connectivity index (χ2n) is 2.24. The standard InChI is InChI=1S/C8H6BrIO2/c9-6-2-1-5(4-10)7(3-6)8(11)12/h1-3H,4H2,(H,11,12). The van der Waals surface area contributed by atoms with Gasteiger partial charge in [0.25, 0.3) is 0 Å². The van der Waals surface area contributed by atoms with Gasteiger partial charge in [-0.2, -0.15) is 0 Å². The van der Waals surface area contributed by atoms with E-state index in [4.69, 9.17) is 5.11 Å².